The molecule has 3 heterocycles. The van der Waals surface area contributed by atoms with Crippen molar-refractivity contribution in [3.63, 3.8) is 0 Å². The van der Waals surface area contributed by atoms with Crippen LogP contribution in [0.2, 0.25) is 0 Å². The molecule has 1 saturated heterocycles. The van der Waals surface area contributed by atoms with Gasteiger partial charge in [0.1, 0.15) is 0 Å². The number of benzene rings is 1. The lowest BCUT2D eigenvalue weighted by molar-refractivity contribution is 0.174. The van der Waals surface area contributed by atoms with Gasteiger partial charge in [-0.1, -0.05) is 6.07 Å². The van der Waals surface area contributed by atoms with E-state index < -0.39 is 0 Å². The molecule has 1 aliphatic carbocycles. The van der Waals surface area contributed by atoms with Gasteiger partial charge in [-0.3, -0.25) is 4.99 Å². The molecular weight excluding hydrogens is 368 g/mol. The Balaban J connectivity index is 1.19. The molecule has 0 amide bonds. The zero-order valence-electron chi connectivity index (χ0n) is 16.7. The number of hydrogen-bond acceptors (Lipinski definition) is 6. The number of piperazine rings is 1. The van der Waals surface area contributed by atoms with Crippen molar-refractivity contribution < 1.29 is 9.47 Å². The molecule has 8 nitrogen and oxygen atoms in total. The number of nitrogens with one attached hydrogen (secondary N) is 1. The number of hydrogen-bond donors (Lipinski definition) is 1. The van der Waals surface area contributed by atoms with E-state index in [1.165, 1.54) is 18.4 Å². The Morgan fingerprint density at radius 1 is 1.10 bits per heavy atom. The lowest BCUT2D eigenvalue weighted by atomic mass is 9.95. The van der Waals surface area contributed by atoms with E-state index in [0.717, 1.165) is 56.1 Å². The number of ether oxygens (including phenoxy) is 2. The lowest BCUT2D eigenvalue weighted by Gasteiger charge is -2.36. The van der Waals surface area contributed by atoms with Crippen LogP contribution < -0.4 is 19.7 Å². The molecule has 5 rings (SSSR count). The molecule has 0 bridgehead atoms. The highest BCUT2D eigenvalue weighted by atomic mass is 16.7. The van der Waals surface area contributed by atoms with E-state index in [2.05, 4.69) is 42.2 Å². The molecule has 0 unspecified atom stereocenters. The number of nitrogens with zero attached hydrogens (tertiary/aromatic N) is 5. The summed E-state index contributed by atoms with van der Waals surface area (Å²) < 4.78 is 11.0. The first-order valence-electron chi connectivity index (χ1n) is 10.2. The number of aliphatic imine (C=N–C) groups is 1. The van der Waals surface area contributed by atoms with Crippen molar-refractivity contribution in [3.05, 3.63) is 42.2 Å². The van der Waals surface area contributed by atoms with Crippen molar-refractivity contribution in [1.82, 2.24) is 20.2 Å². The topological polar surface area (TPSA) is 75.1 Å². The van der Waals surface area contributed by atoms with Gasteiger partial charge >= 0.3 is 0 Å². The van der Waals surface area contributed by atoms with Crippen LogP contribution in [0.4, 0.5) is 5.95 Å². The van der Waals surface area contributed by atoms with Crippen molar-refractivity contribution >= 4 is 11.9 Å². The van der Waals surface area contributed by atoms with Gasteiger partial charge in [-0.2, -0.15) is 0 Å². The van der Waals surface area contributed by atoms with Crippen LogP contribution in [-0.4, -0.2) is 67.4 Å². The van der Waals surface area contributed by atoms with E-state index in [0.29, 0.717) is 6.79 Å². The van der Waals surface area contributed by atoms with Gasteiger partial charge in [-0.25, -0.2) is 9.97 Å². The number of anilines is 1. The third kappa shape index (κ3) is 3.54. The molecule has 29 heavy (non-hydrogen) atoms. The Hall–Kier alpha value is -3.03. The van der Waals surface area contributed by atoms with Crippen LogP contribution in [-0.2, 0) is 5.41 Å². The molecule has 1 N–H and O–H groups in total. The molecule has 1 aromatic heterocycles. The fourth-order valence-corrected chi connectivity index (χ4v) is 4.10. The van der Waals surface area contributed by atoms with Gasteiger partial charge < -0.3 is 24.6 Å². The van der Waals surface area contributed by atoms with Gasteiger partial charge in [0.2, 0.25) is 12.7 Å². The fraction of sp³-hybridized carbons (Fsp3) is 0.476. The summed E-state index contributed by atoms with van der Waals surface area (Å²) in [6.07, 6.45) is 5.94. The average Bonchev–Trinajstić information content (AvgIpc) is 3.43. The van der Waals surface area contributed by atoms with Crippen LogP contribution in [0.5, 0.6) is 11.5 Å². The molecule has 0 spiro atoms. The summed E-state index contributed by atoms with van der Waals surface area (Å²) in [6, 6.07) is 8.18. The predicted molar refractivity (Wildman–Crippen MR) is 111 cm³/mol. The van der Waals surface area contributed by atoms with Crippen LogP contribution in [0.1, 0.15) is 18.4 Å². The number of guanidine groups is 1. The second kappa shape index (κ2) is 7.42. The largest absolute Gasteiger partial charge is 0.454 e. The molecule has 0 atom stereocenters. The van der Waals surface area contributed by atoms with Gasteiger partial charge in [0.15, 0.2) is 17.5 Å². The summed E-state index contributed by atoms with van der Waals surface area (Å²) in [5.41, 5.74) is 1.48. The Labute approximate surface area is 170 Å². The minimum absolute atomic E-state index is 0.163. The summed E-state index contributed by atoms with van der Waals surface area (Å²) in [6.45, 7) is 4.76. The van der Waals surface area contributed by atoms with E-state index in [4.69, 9.17) is 9.47 Å². The standard InChI is InChI=1S/C21H26N6O2/c1-22-19(26-9-11-27(12-10-26)20-23-7-2-8-24-20)25-14-21(5-6-21)16-3-4-17-18(13-16)29-15-28-17/h2-4,7-8,13H,5-6,9-12,14-15H2,1H3,(H,22,25). The second-order valence-corrected chi connectivity index (χ2v) is 7.77. The van der Waals surface area contributed by atoms with Crippen molar-refractivity contribution in [2.45, 2.75) is 18.3 Å². The third-order valence-electron chi connectivity index (χ3n) is 6.05. The average molecular weight is 394 g/mol. The van der Waals surface area contributed by atoms with E-state index in [1.54, 1.807) is 12.4 Å². The number of rotatable bonds is 4. The maximum atomic E-state index is 5.56. The smallest absolute Gasteiger partial charge is 0.231 e. The van der Waals surface area contributed by atoms with Crippen molar-refractivity contribution in [3.8, 4) is 11.5 Å². The maximum Gasteiger partial charge on any atom is 0.231 e. The quantitative estimate of drug-likeness (QED) is 0.624. The van der Waals surface area contributed by atoms with Crippen LogP contribution in [0.3, 0.4) is 0 Å². The van der Waals surface area contributed by atoms with Crippen molar-refractivity contribution in [2.24, 2.45) is 4.99 Å². The normalized spacial score (nSPS) is 20.0. The minimum Gasteiger partial charge on any atom is -0.454 e. The molecule has 2 fully saturated rings. The molecule has 2 aliphatic heterocycles. The SMILES string of the molecule is CN=C(NCC1(c2ccc3c(c2)OCO3)CC1)N1CCN(c2ncccn2)CC1. The first-order valence-corrected chi connectivity index (χ1v) is 10.2. The van der Waals surface area contributed by atoms with Crippen molar-refractivity contribution in [2.75, 3.05) is 51.5 Å². The summed E-state index contributed by atoms with van der Waals surface area (Å²) in [5.74, 6) is 3.46. The number of aromatic nitrogens is 2. The van der Waals surface area contributed by atoms with Gasteiger partial charge in [0.25, 0.3) is 0 Å². The summed E-state index contributed by atoms with van der Waals surface area (Å²) in [4.78, 5) is 17.8. The Kier molecular flexibility index (Phi) is 4.61. The van der Waals surface area contributed by atoms with Crippen LogP contribution in [0.15, 0.2) is 41.7 Å². The number of fused-ring (bicyclic) bond motifs is 1. The maximum absolute atomic E-state index is 5.56. The van der Waals surface area contributed by atoms with E-state index in [1.807, 2.05) is 19.2 Å². The van der Waals surface area contributed by atoms with Gasteiger partial charge in [-0.05, 0) is 36.6 Å². The van der Waals surface area contributed by atoms with Crippen LogP contribution in [0.25, 0.3) is 0 Å². The first kappa shape index (κ1) is 18.0. The van der Waals surface area contributed by atoms with Gasteiger partial charge in [-0.15, -0.1) is 0 Å². The molecule has 8 heteroatoms. The third-order valence-corrected chi connectivity index (χ3v) is 6.05. The zero-order chi connectivity index (χ0) is 19.7. The Bertz CT molecular complexity index is 891. The highest BCUT2D eigenvalue weighted by Gasteiger charge is 2.45. The summed E-state index contributed by atoms with van der Waals surface area (Å²) in [5, 5.41) is 3.62. The summed E-state index contributed by atoms with van der Waals surface area (Å²) in [7, 11) is 1.86. The van der Waals surface area contributed by atoms with Crippen LogP contribution >= 0.6 is 0 Å². The fourth-order valence-electron chi connectivity index (χ4n) is 4.10. The predicted octanol–water partition coefficient (Wildman–Crippen LogP) is 1.63. The zero-order valence-corrected chi connectivity index (χ0v) is 16.7. The van der Waals surface area contributed by atoms with Crippen LogP contribution in [0, 0.1) is 0 Å². The van der Waals surface area contributed by atoms with E-state index >= 15 is 0 Å². The van der Waals surface area contributed by atoms with Crippen molar-refractivity contribution in [1.29, 1.82) is 0 Å². The minimum atomic E-state index is 0.163. The molecule has 1 saturated carbocycles. The van der Waals surface area contributed by atoms with Gasteiger partial charge in [0, 0.05) is 57.6 Å². The Morgan fingerprint density at radius 3 is 2.59 bits per heavy atom. The first-order chi connectivity index (χ1) is 14.3. The highest BCUT2D eigenvalue weighted by molar-refractivity contribution is 5.80. The molecule has 3 aliphatic rings. The van der Waals surface area contributed by atoms with E-state index in [-0.39, 0.29) is 5.41 Å². The molecule has 1 aromatic carbocycles. The lowest BCUT2D eigenvalue weighted by Crippen LogP contribution is -2.53. The second-order valence-electron chi connectivity index (χ2n) is 7.77. The highest BCUT2D eigenvalue weighted by Crippen LogP contribution is 2.49. The molecule has 152 valence electrons. The molecule has 2 aromatic rings. The van der Waals surface area contributed by atoms with E-state index in [9.17, 15) is 0 Å². The monoisotopic (exact) mass is 394 g/mol. The van der Waals surface area contributed by atoms with Gasteiger partial charge in [0.05, 0.1) is 0 Å². The summed E-state index contributed by atoms with van der Waals surface area (Å²) >= 11 is 0. The molecular formula is C21H26N6O2. The molecule has 0 radical (unpaired) electrons. The Morgan fingerprint density at radius 2 is 1.86 bits per heavy atom.